The Balaban J connectivity index is 2.48. The van der Waals surface area contributed by atoms with Gasteiger partial charge in [-0.3, -0.25) is 0 Å². The fourth-order valence-electron chi connectivity index (χ4n) is 2.68. The molecule has 0 radical (unpaired) electrons. The van der Waals surface area contributed by atoms with Crippen LogP contribution in [0.15, 0.2) is 22.7 Å². The zero-order valence-corrected chi connectivity index (χ0v) is 11.7. The molecule has 88 valence electrons. The van der Waals surface area contributed by atoms with Gasteiger partial charge in [0.1, 0.15) is 0 Å². The topological polar surface area (TPSA) is 26.0 Å². The van der Waals surface area contributed by atoms with E-state index in [-0.39, 0.29) is 5.41 Å². The minimum atomic E-state index is 0.267. The van der Waals surface area contributed by atoms with Gasteiger partial charge in [-0.25, -0.2) is 0 Å². The molecule has 0 spiro atoms. The Morgan fingerprint density at radius 1 is 1.38 bits per heavy atom. The maximum Gasteiger partial charge on any atom is 0.0178 e. The minimum Gasteiger partial charge on any atom is -0.330 e. The van der Waals surface area contributed by atoms with Gasteiger partial charge in [-0.2, -0.15) is 0 Å². The van der Waals surface area contributed by atoms with Crippen molar-refractivity contribution in [2.45, 2.75) is 44.4 Å². The van der Waals surface area contributed by atoms with Crippen LogP contribution in [0.5, 0.6) is 0 Å². The number of rotatable bonds is 3. The highest BCUT2D eigenvalue weighted by atomic mass is 79.9. The van der Waals surface area contributed by atoms with Crippen molar-refractivity contribution in [3.63, 3.8) is 0 Å². The molecular weight excluding hydrogens is 262 g/mol. The largest absolute Gasteiger partial charge is 0.330 e. The van der Waals surface area contributed by atoms with E-state index in [0.29, 0.717) is 5.92 Å². The summed E-state index contributed by atoms with van der Waals surface area (Å²) in [5.74, 6) is 0.576. The molecule has 0 amide bonds. The summed E-state index contributed by atoms with van der Waals surface area (Å²) in [6.45, 7) is 5.30. The Kier molecular flexibility index (Phi) is 3.41. The number of benzene rings is 1. The van der Waals surface area contributed by atoms with Crippen molar-refractivity contribution in [3.05, 3.63) is 33.8 Å². The summed E-state index contributed by atoms with van der Waals surface area (Å²) in [5.41, 5.74) is 9.22. The number of hydrogen-bond donors (Lipinski definition) is 1. The molecule has 1 saturated carbocycles. The zero-order valence-electron chi connectivity index (χ0n) is 10.1. The van der Waals surface area contributed by atoms with Gasteiger partial charge in [0.05, 0.1) is 0 Å². The van der Waals surface area contributed by atoms with Crippen LogP contribution in [-0.2, 0) is 5.41 Å². The lowest BCUT2D eigenvalue weighted by Crippen LogP contribution is -2.42. The molecule has 2 heteroatoms. The van der Waals surface area contributed by atoms with Crippen molar-refractivity contribution in [3.8, 4) is 0 Å². The van der Waals surface area contributed by atoms with E-state index in [1.54, 1.807) is 0 Å². The van der Waals surface area contributed by atoms with Crippen molar-refractivity contribution >= 4 is 15.9 Å². The SMILES string of the molecule is CC(C)c1ccc(Br)cc1C1(CN)CCC1. The number of halogens is 1. The van der Waals surface area contributed by atoms with Gasteiger partial charge in [0.2, 0.25) is 0 Å². The molecule has 1 nitrogen and oxygen atoms in total. The molecule has 2 N–H and O–H groups in total. The highest BCUT2D eigenvalue weighted by Crippen LogP contribution is 2.46. The third kappa shape index (κ3) is 1.93. The van der Waals surface area contributed by atoms with Crippen molar-refractivity contribution in [2.24, 2.45) is 5.73 Å². The summed E-state index contributed by atoms with van der Waals surface area (Å²) in [6, 6.07) is 6.67. The summed E-state index contributed by atoms with van der Waals surface area (Å²) in [5, 5.41) is 0. The summed E-state index contributed by atoms with van der Waals surface area (Å²) in [7, 11) is 0. The first-order valence-electron chi connectivity index (χ1n) is 6.09. The molecule has 0 heterocycles. The average Bonchev–Trinajstić information content (AvgIpc) is 2.16. The van der Waals surface area contributed by atoms with Gasteiger partial charge in [-0.1, -0.05) is 42.3 Å². The first kappa shape index (κ1) is 12.1. The van der Waals surface area contributed by atoms with Gasteiger partial charge in [-0.05, 0) is 42.0 Å². The number of nitrogens with two attached hydrogens (primary N) is 1. The Hall–Kier alpha value is -0.340. The summed E-state index contributed by atoms with van der Waals surface area (Å²) < 4.78 is 1.17. The van der Waals surface area contributed by atoms with Gasteiger partial charge >= 0.3 is 0 Å². The van der Waals surface area contributed by atoms with E-state index < -0.39 is 0 Å². The predicted molar refractivity (Wildman–Crippen MR) is 72.8 cm³/mol. The average molecular weight is 282 g/mol. The summed E-state index contributed by atoms with van der Waals surface area (Å²) in [6.07, 6.45) is 3.82. The van der Waals surface area contributed by atoms with E-state index in [9.17, 15) is 0 Å². The van der Waals surface area contributed by atoms with Crippen LogP contribution in [0.3, 0.4) is 0 Å². The van der Waals surface area contributed by atoms with Crippen LogP contribution < -0.4 is 5.73 Å². The summed E-state index contributed by atoms with van der Waals surface area (Å²) in [4.78, 5) is 0. The van der Waals surface area contributed by atoms with Crippen LogP contribution in [0.25, 0.3) is 0 Å². The maximum absolute atomic E-state index is 6.00. The Morgan fingerprint density at radius 3 is 2.50 bits per heavy atom. The molecule has 1 fully saturated rings. The van der Waals surface area contributed by atoms with E-state index in [1.165, 1.54) is 34.9 Å². The third-order valence-corrected chi connectivity index (χ3v) is 4.40. The van der Waals surface area contributed by atoms with E-state index in [0.717, 1.165) is 6.54 Å². The van der Waals surface area contributed by atoms with Gasteiger partial charge < -0.3 is 5.73 Å². The fourth-order valence-corrected chi connectivity index (χ4v) is 3.04. The Bertz CT molecular complexity index is 375. The molecule has 16 heavy (non-hydrogen) atoms. The van der Waals surface area contributed by atoms with Crippen LogP contribution in [0, 0.1) is 0 Å². The Labute approximate surface area is 107 Å². The highest BCUT2D eigenvalue weighted by molar-refractivity contribution is 9.10. The first-order valence-corrected chi connectivity index (χ1v) is 6.88. The van der Waals surface area contributed by atoms with Crippen LogP contribution in [0.2, 0.25) is 0 Å². The molecule has 1 aromatic carbocycles. The molecule has 0 bridgehead atoms. The molecule has 2 rings (SSSR count). The Morgan fingerprint density at radius 2 is 2.06 bits per heavy atom. The molecule has 0 unspecified atom stereocenters. The molecule has 0 atom stereocenters. The van der Waals surface area contributed by atoms with Crippen LogP contribution >= 0.6 is 15.9 Å². The summed E-state index contributed by atoms with van der Waals surface area (Å²) >= 11 is 3.58. The lowest BCUT2D eigenvalue weighted by atomic mass is 9.62. The second-order valence-corrected chi connectivity index (χ2v) is 6.14. The first-order chi connectivity index (χ1) is 7.59. The smallest absolute Gasteiger partial charge is 0.0178 e. The quantitative estimate of drug-likeness (QED) is 0.892. The molecule has 1 aliphatic rings. The molecule has 0 aromatic heterocycles. The van der Waals surface area contributed by atoms with Gasteiger partial charge in [0, 0.05) is 16.4 Å². The van der Waals surface area contributed by atoms with E-state index in [4.69, 9.17) is 5.73 Å². The molecule has 1 aromatic rings. The number of hydrogen-bond acceptors (Lipinski definition) is 1. The molecular formula is C14H20BrN. The lowest BCUT2D eigenvalue weighted by molar-refractivity contribution is 0.250. The molecule has 1 aliphatic carbocycles. The van der Waals surface area contributed by atoms with Crippen molar-refractivity contribution in [2.75, 3.05) is 6.54 Å². The normalized spacial score (nSPS) is 18.6. The maximum atomic E-state index is 6.00. The molecule has 0 saturated heterocycles. The zero-order chi connectivity index (χ0) is 11.8. The van der Waals surface area contributed by atoms with Gasteiger partial charge in [0.25, 0.3) is 0 Å². The van der Waals surface area contributed by atoms with E-state index in [2.05, 4.69) is 48.0 Å². The second-order valence-electron chi connectivity index (χ2n) is 5.22. The monoisotopic (exact) mass is 281 g/mol. The third-order valence-electron chi connectivity index (χ3n) is 3.91. The lowest BCUT2D eigenvalue weighted by Gasteiger charge is -2.43. The predicted octanol–water partition coefficient (Wildman–Crippen LogP) is 3.95. The van der Waals surface area contributed by atoms with E-state index >= 15 is 0 Å². The van der Waals surface area contributed by atoms with Gasteiger partial charge in [-0.15, -0.1) is 0 Å². The minimum absolute atomic E-state index is 0.267. The van der Waals surface area contributed by atoms with Crippen molar-refractivity contribution in [1.82, 2.24) is 0 Å². The van der Waals surface area contributed by atoms with Gasteiger partial charge in [0.15, 0.2) is 0 Å². The van der Waals surface area contributed by atoms with Crippen LogP contribution in [0.1, 0.15) is 50.2 Å². The van der Waals surface area contributed by atoms with Crippen LogP contribution in [0.4, 0.5) is 0 Å². The highest BCUT2D eigenvalue weighted by Gasteiger charge is 2.39. The van der Waals surface area contributed by atoms with E-state index in [1.807, 2.05) is 0 Å². The van der Waals surface area contributed by atoms with Crippen molar-refractivity contribution < 1.29 is 0 Å². The standard InChI is InChI=1S/C14H20BrN/c1-10(2)12-5-4-11(15)8-13(12)14(9-16)6-3-7-14/h4-5,8,10H,3,6-7,9,16H2,1-2H3. The molecule has 0 aliphatic heterocycles. The second kappa shape index (κ2) is 4.50. The van der Waals surface area contributed by atoms with Crippen molar-refractivity contribution in [1.29, 1.82) is 0 Å². The van der Waals surface area contributed by atoms with Crippen LogP contribution in [-0.4, -0.2) is 6.54 Å². The fraction of sp³-hybridized carbons (Fsp3) is 0.571.